The van der Waals surface area contributed by atoms with Crippen molar-refractivity contribution in [3.63, 3.8) is 0 Å². The second-order valence-corrected chi connectivity index (χ2v) is 9.27. The molecular formula is C25H18N2O4S. The van der Waals surface area contributed by atoms with Gasteiger partial charge in [0.2, 0.25) is 0 Å². The molecule has 32 heavy (non-hydrogen) atoms. The number of hydrogen-bond donors (Lipinski definition) is 1. The van der Waals surface area contributed by atoms with E-state index in [1.807, 2.05) is 13.0 Å². The van der Waals surface area contributed by atoms with Gasteiger partial charge in [0, 0.05) is 21.9 Å². The van der Waals surface area contributed by atoms with Crippen molar-refractivity contribution in [3.05, 3.63) is 102 Å². The number of carbonyl (C=O) groups is 2. The maximum atomic E-state index is 13.2. The average Bonchev–Trinajstić information content (AvgIpc) is 2.79. The number of rotatable bonds is 4. The molecular weight excluding hydrogens is 424 g/mol. The maximum absolute atomic E-state index is 13.2. The minimum atomic E-state index is -3.85. The first-order valence-corrected chi connectivity index (χ1v) is 11.4. The van der Waals surface area contributed by atoms with Gasteiger partial charge in [0.1, 0.15) is 0 Å². The molecule has 1 aliphatic rings. The Morgan fingerprint density at radius 2 is 1.38 bits per heavy atom. The van der Waals surface area contributed by atoms with E-state index in [9.17, 15) is 18.0 Å². The molecule has 1 heterocycles. The Bertz CT molecular complexity index is 1470. The summed E-state index contributed by atoms with van der Waals surface area (Å²) in [4.78, 5) is 27.7. The molecule has 4 aromatic rings. The normalized spacial score (nSPS) is 13.5. The number of benzene rings is 4. The van der Waals surface area contributed by atoms with Crippen molar-refractivity contribution in [1.29, 1.82) is 0 Å². The molecule has 158 valence electrons. The van der Waals surface area contributed by atoms with Crippen molar-refractivity contribution < 1.29 is 18.0 Å². The fourth-order valence-corrected chi connectivity index (χ4v) is 5.00. The lowest BCUT2D eigenvalue weighted by atomic mass is 9.93. The van der Waals surface area contributed by atoms with E-state index in [1.165, 1.54) is 12.1 Å². The number of anilines is 2. The van der Waals surface area contributed by atoms with Gasteiger partial charge in [-0.05, 0) is 49.4 Å². The minimum Gasteiger partial charge on any atom is -0.279 e. The topological polar surface area (TPSA) is 83.6 Å². The zero-order chi connectivity index (χ0) is 22.5. The lowest BCUT2D eigenvalue weighted by molar-refractivity contribution is 0.0893. The number of nitrogens with zero attached hydrogens (tertiary/aromatic N) is 1. The molecule has 6 nitrogen and oxygen atoms in total. The molecule has 5 rings (SSSR count). The van der Waals surface area contributed by atoms with Crippen molar-refractivity contribution >= 4 is 44.0 Å². The van der Waals surface area contributed by atoms with Crippen LogP contribution in [0.3, 0.4) is 0 Å². The summed E-state index contributed by atoms with van der Waals surface area (Å²) in [5, 5.41) is 0.934. The smallest absolute Gasteiger partial charge is 0.265 e. The molecule has 2 amide bonds. The van der Waals surface area contributed by atoms with Gasteiger partial charge < -0.3 is 0 Å². The first-order chi connectivity index (χ1) is 15.4. The molecule has 0 unspecified atom stereocenters. The van der Waals surface area contributed by atoms with E-state index in [4.69, 9.17) is 0 Å². The molecule has 0 bridgehead atoms. The van der Waals surface area contributed by atoms with E-state index in [1.54, 1.807) is 66.7 Å². The highest BCUT2D eigenvalue weighted by Crippen LogP contribution is 2.36. The summed E-state index contributed by atoms with van der Waals surface area (Å²) >= 11 is 0. The van der Waals surface area contributed by atoms with Crippen LogP contribution in [0.25, 0.3) is 10.8 Å². The van der Waals surface area contributed by atoms with Gasteiger partial charge in [-0.25, -0.2) is 13.3 Å². The Labute approximate surface area is 185 Å². The Morgan fingerprint density at radius 1 is 0.719 bits per heavy atom. The molecule has 1 N–H and O–H groups in total. The third-order valence-corrected chi connectivity index (χ3v) is 6.88. The molecule has 0 radical (unpaired) electrons. The Morgan fingerprint density at radius 3 is 2.06 bits per heavy atom. The van der Waals surface area contributed by atoms with Crippen molar-refractivity contribution in [3.8, 4) is 0 Å². The van der Waals surface area contributed by atoms with Crippen LogP contribution < -0.4 is 9.62 Å². The fourth-order valence-electron chi connectivity index (χ4n) is 3.92. The van der Waals surface area contributed by atoms with Crippen LogP contribution in [0.4, 0.5) is 11.4 Å². The first-order valence-electron chi connectivity index (χ1n) is 9.96. The van der Waals surface area contributed by atoms with Gasteiger partial charge in [-0.1, -0.05) is 48.0 Å². The molecule has 0 spiro atoms. The summed E-state index contributed by atoms with van der Waals surface area (Å²) in [6.45, 7) is 1.88. The minimum absolute atomic E-state index is 0.131. The van der Waals surface area contributed by atoms with Gasteiger partial charge >= 0.3 is 0 Å². The summed E-state index contributed by atoms with van der Waals surface area (Å²) in [5.41, 5.74) is 2.43. The number of aryl methyl sites for hydroxylation is 1. The largest absolute Gasteiger partial charge is 0.279 e. The van der Waals surface area contributed by atoms with Crippen molar-refractivity contribution in [2.75, 3.05) is 9.62 Å². The Balaban J connectivity index is 1.63. The SMILES string of the molecule is Cc1ccc(S(=O)(=O)Nc2ccc3c4c(cccc24)C(=O)N(c2ccccc2)C3=O)cc1. The van der Waals surface area contributed by atoms with Crippen molar-refractivity contribution in [2.24, 2.45) is 0 Å². The second-order valence-electron chi connectivity index (χ2n) is 7.59. The number of hydrogen-bond acceptors (Lipinski definition) is 4. The quantitative estimate of drug-likeness (QED) is 0.462. The van der Waals surface area contributed by atoms with Crippen LogP contribution >= 0.6 is 0 Å². The molecule has 4 aromatic carbocycles. The molecule has 0 fully saturated rings. The number of carbonyl (C=O) groups excluding carboxylic acids is 2. The summed E-state index contributed by atoms with van der Waals surface area (Å²) in [7, 11) is -3.85. The lowest BCUT2D eigenvalue weighted by Crippen LogP contribution is -2.40. The van der Waals surface area contributed by atoms with E-state index in [-0.39, 0.29) is 4.90 Å². The van der Waals surface area contributed by atoms with Crippen LogP contribution in [0.15, 0.2) is 89.8 Å². The molecule has 0 aliphatic carbocycles. The summed E-state index contributed by atoms with van der Waals surface area (Å²) in [6, 6.07) is 23.4. The molecule has 0 saturated heterocycles. The third kappa shape index (κ3) is 3.14. The molecule has 7 heteroatoms. The number of nitrogens with one attached hydrogen (secondary N) is 1. The fraction of sp³-hybridized carbons (Fsp3) is 0.0400. The maximum Gasteiger partial charge on any atom is 0.265 e. The summed E-state index contributed by atoms with van der Waals surface area (Å²) in [6.07, 6.45) is 0. The van der Waals surface area contributed by atoms with Gasteiger partial charge in [0.05, 0.1) is 16.3 Å². The van der Waals surface area contributed by atoms with Gasteiger partial charge in [-0.3, -0.25) is 14.3 Å². The predicted molar refractivity (Wildman–Crippen MR) is 124 cm³/mol. The van der Waals surface area contributed by atoms with Gasteiger partial charge in [0.15, 0.2) is 0 Å². The van der Waals surface area contributed by atoms with Crippen LogP contribution in [0.5, 0.6) is 0 Å². The summed E-state index contributed by atoms with van der Waals surface area (Å²) in [5.74, 6) is -0.893. The monoisotopic (exact) mass is 442 g/mol. The van der Waals surface area contributed by atoms with Crippen LogP contribution in [-0.2, 0) is 10.0 Å². The van der Waals surface area contributed by atoms with Gasteiger partial charge in [-0.2, -0.15) is 0 Å². The van der Waals surface area contributed by atoms with Crippen molar-refractivity contribution in [1.82, 2.24) is 0 Å². The number of para-hydroxylation sites is 1. The number of imide groups is 1. The van der Waals surface area contributed by atoms with E-state index in [0.29, 0.717) is 33.3 Å². The molecule has 0 aromatic heterocycles. The van der Waals surface area contributed by atoms with Crippen LogP contribution in [0.2, 0.25) is 0 Å². The predicted octanol–water partition coefficient (Wildman–Crippen LogP) is 4.75. The van der Waals surface area contributed by atoms with Crippen molar-refractivity contribution in [2.45, 2.75) is 11.8 Å². The number of amides is 2. The average molecular weight is 442 g/mol. The Kier molecular flexibility index (Phi) is 4.56. The van der Waals surface area contributed by atoms with E-state index in [2.05, 4.69) is 4.72 Å². The highest BCUT2D eigenvalue weighted by atomic mass is 32.2. The zero-order valence-corrected chi connectivity index (χ0v) is 17.9. The van der Waals surface area contributed by atoms with Gasteiger partial charge in [-0.15, -0.1) is 0 Å². The standard InChI is InChI=1S/C25H18N2O4S/c1-16-10-12-18(13-11-16)32(30,31)26-22-15-14-21-23-19(22)8-5-9-20(23)24(28)27(25(21)29)17-6-3-2-4-7-17/h2-15,26H,1H3. The van der Waals surface area contributed by atoms with E-state index >= 15 is 0 Å². The summed E-state index contributed by atoms with van der Waals surface area (Å²) < 4.78 is 28.5. The Hall–Kier alpha value is -3.97. The van der Waals surface area contributed by atoms with Crippen LogP contribution in [0, 0.1) is 6.92 Å². The van der Waals surface area contributed by atoms with E-state index in [0.717, 1.165) is 10.5 Å². The third-order valence-electron chi connectivity index (χ3n) is 5.50. The molecule has 1 aliphatic heterocycles. The van der Waals surface area contributed by atoms with E-state index < -0.39 is 21.8 Å². The molecule has 0 atom stereocenters. The lowest BCUT2D eigenvalue weighted by Gasteiger charge is -2.27. The molecule has 0 saturated carbocycles. The highest BCUT2D eigenvalue weighted by molar-refractivity contribution is 7.92. The second kappa shape index (κ2) is 7.32. The van der Waals surface area contributed by atoms with Crippen LogP contribution in [0.1, 0.15) is 26.3 Å². The van der Waals surface area contributed by atoms with Gasteiger partial charge in [0.25, 0.3) is 21.8 Å². The van der Waals surface area contributed by atoms with Crippen LogP contribution in [-0.4, -0.2) is 20.2 Å². The number of sulfonamides is 1. The zero-order valence-electron chi connectivity index (χ0n) is 17.1. The first kappa shape index (κ1) is 20.0. The highest BCUT2D eigenvalue weighted by Gasteiger charge is 2.34.